The monoisotopic (exact) mass is 381 g/mol. The molecule has 0 saturated heterocycles. The third-order valence-corrected chi connectivity index (χ3v) is 5.02. The van der Waals surface area contributed by atoms with Crippen molar-refractivity contribution in [3.8, 4) is 28.4 Å². The summed E-state index contributed by atoms with van der Waals surface area (Å²) in [7, 11) is 3.33. The van der Waals surface area contributed by atoms with Crippen LogP contribution in [0, 0.1) is 0 Å². The molecule has 5 nitrogen and oxygen atoms in total. The Hall–Kier alpha value is -3.86. The summed E-state index contributed by atoms with van der Waals surface area (Å²) in [5.41, 5.74) is 4.58. The molecule has 3 aromatic carbocycles. The van der Waals surface area contributed by atoms with Crippen molar-refractivity contribution in [2.75, 3.05) is 14.2 Å². The Balaban J connectivity index is 1.81. The van der Waals surface area contributed by atoms with E-state index in [0.717, 1.165) is 50.4 Å². The van der Waals surface area contributed by atoms with Crippen molar-refractivity contribution in [2.24, 2.45) is 0 Å². The van der Waals surface area contributed by atoms with Crippen LogP contribution in [-0.2, 0) is 0 Å². The Kier molecular flexibility index (Phi) is 4.13. The molecule has 5 rings (SSSR count). The summed E-state index contributed by atoms with van der Waals surface area (Å²) in [5, 5.41) is 6.94. The normalized spacial score (nSPS) is 11.1. The van der Waals surface area contributed by atoms with Crippen molar-refractivity contribution < 1.29 is 9.47 Å². The number of ether oxygens (including phenoxy) is 2. The first-order chi connectivity index (χ1) is 14.3. The summed E-state index contributed by atoms with van der Waals surface area (Å²) in [6, 6.07) is 26.0. The summed E-state index contributed by atoms with van der Waals surface area (Å²) < 4.78 is 12.6. The smallest absolute Gasteiger partial charge is 0.164 e. The van der Waals surface area contributed by atoms with Gasteiger partial charge >= 0.3 is 0 Å². The van der Waals surface area contributed by atoms with Crippen molar-refractivity contribution in [1.29, 1.82) is 0 Å². The van der Waals surface area contributed by atoms with Gasteiger partial charge in [0.25, 0.3) is 0 Å². The van der Waals surface area contributed by atoms with Gasteiger partial charge in [-0.1, -0.05) is 30.3 Å². The van der Waals surface area contributed by atoms with Crippen LogP contribution < -0.4 is 9.47 Å². The Bertz CT molecular complexity index is 1310. The van der Waals surface area contributed by atoms with Crippen molar-refractivity contribution in [3.63, 3.8) is 0 Å². The number of hydrogen-bond acceptors (Lipinski definition) is 4. The number of aromatic nitrogens is 3. The fourth-order valence-electron chi connectivity index (χ4n) is 3.52. The molecule has 0 aliphatic heterocycles. The molecule has 0 amide bonds. The highest BCUT2D eigenvalue weighted by Gasteiger charge is 2.16. The number of rotatable bonds is 4. The average Bonchev–Trinajstić information content (AvgIpc) is 3.16. The van der Waals surface area contributed by atoms with Gasteiger partial charge in [-0.2, -0.15) is 5.10 Å². The van der Waals surface area contributed by atoms with Crippen molar-refractivity contribution in [1.82, 2.24) is 14.8 Å². The van der Waals surface area contributed by atoms with Crippen LogP contribution >= 0.6 is 0 Å². The maximum Gasteiger partial charge on any atom is 0.164 e. The molecule has 0 unspecified atom stereocenters. The molecule has 0 radical (unpaired) electrons. The second kappa shape index (κ2) is 6.95. The predicted octanol–water partition coefficient (Wildman–Crippen LogP) is 5.26. The van der Waals surface area contributed by atoms with E-state index in [9.17, 15) is 0 Å². The van der Waals surface area contributed by atoms with E-state index in [1.54, 1.807) is 14.2 Å². The van der Waals surface area contributed by atoms with Crippen LogP contribution in [0.3, 0.4) is 0 Å². The molecule has 29 heavy (non-hydrogen) atoms. The fraction of sp³-hybridized carbons (Fsp3) is 0.0833. The Morgan fingerprint density at radius 2 is 1.48 bits per heavy atom. The summed E-state index contributed by atoms with van der Waals surface area (Å²) in [6.45, 7) is 0. The maximum atomic E-state index is 5.39. The molecule has 0 N–H and O–H groups in total. The van der Waals surface area contributed by atoms with E-state index in [-0.39, 0.29) is 0 Å². The van der Waals surface area contributed by atoms with Gasteiger partial charge in [0.1, 0.15) is 17.2 Å². The number of nitrogens with zero attached hydrogens (tertiary/aromatic N) is 3. The molecule has 2 heterocycles. The number of benzene rings is 3. The van der Waals surface area contributed by atoms with E-state index in [4.69, 9.17) is 19.6 Å². The molecule has 0 bridgehead atoms. The highest BCUT2D eigenvalue weighted by Crippen LogP contribution is 2.32. The first-order valence-electron chi connectivity index (χ1n) is 9.34. The molecule has 2 aromatic heterocycles. The molecular weight excluding hydrogens is 362 g/mol. The van der Waals surface area contributed by atoms with Gasteiger partial charge in [0, 0.05) is 16.3 Å². The first-order valence-corrected chi connectivity index (χ1v) is 9.34. The number of hydrogen-bond donors (Lipinski definition) is 0. The van der Waals surface area contributed by atoms with Gasteiger partial charge in [-0.25, -0.2) is 9.67 Å². The zero-order valence-electron chi connectivity index (χ0n) is 16.2. The molecule has 0 aliphatic rings. The van der Waals surface area contributed by atoms with Crippen molar-refractivity contribution in [2.45, 2.75) is 0 Å². The highest BCUT2D eigenvalue weighted by molar-refractivity contribution is 5.99. The second-order valence-corrected chi connectivity index (χ2v) is 6.74. The zero-order valence-corrected chi connectivity index (χ0v) is 16.2. The lowest BCUT2D eigenvalue weighted by Crippen LogP contribution is -1.98. The summed E-state index contributed by atoms with van der Waals surface area (Å²) in [4.78, 5) is 4.93. The molecule has 0 spiro atoms. The van der Waals surface area contributed by atoms with E-state index >= 15 is 0 Å². The van der Waals surface area contributed by atoms with Crippen LogP contribution in [0.1, 0.15) is 0 Å². The molecule has 142 valence electrons. The Morgan fingerprint density at radius 3 is 2.21 bits per heavy atom. The van der Waals surface area contributed by atoms with Gasteiger partial charge in [-0.05, 0) is 48.5 Å². The molecule has 0 atom stereocenters. The van der Waals surface area contributed by atoms with Crippen LogP contribution in [-0.4, -0.2) is 29.0 Å². The third-order valence-electron chi connectivity index (χ3n) is 5.02. The minimum Gasteiger partial charge on any atom is -0.497 e. The van der Waals surface area contributed by atoms with E-state index in [0.29, 0.717) is 0 Å². The number of fused-ring (bicyclic) bond motifs is 2. The van der Waals surface area contributed by atoms with E-state index in [2.05, 4.69) is 18.2 Å². The van der Waals surface area contributed by atoms with Gasteiger partial charge in [0.05, 0.1) is 25.4 Å². The molecule has 5 heteroatoms. The topological polar surface area (TPSA) is 49.2 Å². The Morgan fingerprint density at radius 1 is 0.759 bits per heavy atom. The average molecular weight is 381 g/mol. The first kappa shape index (κ1) is 17.3. The molecular formula is C24H19N3O2. The van der Waals surface area contributed by atoms with Gasteiger partial charge in [0.15, 0.2) is 5.65 Å². The fourth-order valence-corrected chi connectivity index (χ4v) is 3.52. The van der Waals surface area contributed by atoms with Gasteiger partial charge < -0.3 is 9.47 Å². The van der Waals surface area contributed by atoms with Gasteiger partial charge in [-0.3, -0.25) is 0 Å². The van der Waals surface area contributed by atoms with Crippen molar-refractivity contribution >= 4 is 21.9 Å². The molecule has 0 fully saturated rings. The largest absolute Gasteiger partial charge is 0.497 e. The third kappa shape index (κ3) is 2.97. The molecule has 5 aromatic rings. The Labute approximate surface area is 168 Å². The minimum absolute atomic E-state index is 0.805. The highest BCUT2D eigenvalue weighted by atomic mass is 16.5. The standard InChI is InChI=1S/C24H19N3O2/c1-28-19-10-8-18(9-11-19)27-24-21(23(26-27)16-6-4-3-5-7-16)15-17-14-20(29-2)12-13-22(17)25-24/h3-15H,1-2H3. The van der Waals surface area contributed by atoms with Crippen molar-refractivity contribution in [3.05, 3.63) is 78.9 Å². The van der Waals surface area contributed by atoms with E-state index in [1.165, 1.54) is 0 Å². The lowest BCUT2D eigenvalue weighted by atomic mass is 10.1. The van der Waals surface area contributed by atoms with Gasteiger partial charge in [-0.15, -0.1) is 0 Å². The lowest BCUT2D eigenvalue weighted by Gasteiger charge is -2.06. The summed E-state index contributed by atoms with van der Waals surface area (Å²) >= 11 is 0. The van der Waals surface area contributed by atoms with E-state index < -0.39 is 0 Å². The van der Waals surface area contributed by atoms with Gasteiger partial charge in [0.2, 0.25) is 0 Å². The maximum absolute atomic E-state index is 5.39. The molecule has 0 saturated carbocycles. The lowest BCUT2D eigenvalue weighted by molar-refractivity contribution is 0.414. The van der Waals surface area contributed by atoms with Crippen LogP contribution in [0.25, 0.3) is 38.9 Å². The quantitative estimate of drug-likeness (QED) is 0.426. The predicted molar refractivity (Wildman–Crippen MR) is 115 cm³/mol. The summed E-state index contributed by atoms with van der Waals surface area (Å²) in [5.74, 6) is 1.61. The minimum atomic E-state index is 0.805. The summed E-state index contributed by atoms with van der Waals surface area (Å²) in [6.07, 6.45) is 0. The SMILES string of the molecule is COc1ccc(-n2nc(-c3ccccc3)c3cc4cc(OC)ccc4nc32)cc1. The van der Waals surface area contributed by atoms with Crippen LogP contribution in [0.4, 0.5) is 0 Å². The zero-order chi connectivity index (χ0) is 19.8. The van der Waals surface area contributed by atoms with Crippen LogP contribution in [0.5, 0.6) is 11.5 Å². The van der Waals surface area contributed by atoms with Crippen LogP contribution in [0.2, 0.25) is 0 Å². The second-order valence-electron chi connectivity index (χ2n) is 6.74. The number of pyridine rings is 1. The number of methoxy groups -OCH3 is 2. The van der Waals surface area contributed by atoms with Crippen LogP contribution in [0.15, 0.2) is 78.9 Å². The molecule has 0 aliphatic carbocycles. The van der Waals surface area contributed by atoms with E-state index in [1.807, 2.05) is 65.3 Å².